The number of carbonyl (C=O) groups excluding carboxylic acids is 1. The smallest absolute Gasteiger partial charge is 0.434 e. The van der Waals surface area contributed by atoms with Gasteiger partial charge in [-0.1, -0.05) is 18.2 Å². The number of halogens is 3. The molecule has 0 saturated heterocycles. The van der Waals surface area contributed by atoms with Crippen molar-refractivity contribution in [2.45, 2.75) is 6.18 Å². The van der Waals surface area contributed by atoms with E-state index in [2.05, 4.69) is 15.5 Å². The Bertz CT molecular complexity index is 1300. The Morgan fingerprint density at radius 1 is 1.12 bits per heavy atom. The zero-order valence-corrected chi connectivity index (χ0v) is 18.1. The Balaban J connectivity index is 1.70. The normalized spacial score (nSPS) is 11.4. The van der Waals surface area contributed by atoms with Crippen LogP contribution in [0, 0.1) is 0 Å². The number of carbonyl (C=O) groups is 1. The highest BCUT2D eigenvalue weighted by molar-refractivity contribution is 6.05. The van der Waals surface area contributed by atoms with E-state index >= 15 is 0 Å². The van der Waals surface area contributed by atoms with E-state index in [0.29, 0.717) is 28.2 Å². The van der Waals surface area contributed by atoms with Gasteiger partial charge in [0.05, 0.1) is 23.1 Å². The summed E-state index contributed by atoms with van der Waals surface area (Å²) in [5.74, 6) is -0.444. The molecule has 8 nitrogen and oxygen atoms in total. The van der Waals surface area contributed by atoms with E-state index in [1.165, 1.54) is 12.1 Å². The van der Waals surface area contributed by atoms with Crippen LogP contribution in [0.4, 0.5) is 18.9 Å². The number of hydrogen-bond acceptors (Lipinski definition) is 5. The molecule has 0 aliphatic carbocycles. The predicted octanol–water partition coefficient (Wildman–Crippen LogP) is 3.88. The monoisotopic (exact) mass is 470 g/mol. The maximum Gasteiger partial charge on any atom is 0.434 e. The minimum Gasteiger partial charge on any atom is -0.492 e. The summed E-state index contributed by atoms with van der Waals surface area (Å²) in [6.45, 7) is 0.569. The number of nitrogens with two attached hydrogens (primary N) is 1. The third-order valence-electron chi connectivity index (χ3n) is 4.99. The fourth-order valence-corrected chi connectivity index (χ4v) is 3.49. The van der Waals surface area contributed by atoms with Crippen LogP contribution in [-0.2, 0) is 13.2 Å². The number of ether oxygens (including phenoxy) is 1. The van der Waals surface area contributed by atoms with Crippen LogP contribution in [0.1, 0.15) is 16.1 Å². The maximum atomic E-state index is 13.9. The first kappa shape index (κ1) is 23.1. The number of aromatic nitrogens is 4. The minimum atomic E-state index is -4.81. The average Bonchev–Trinajstić information content (AvgIpc) is 3.45. The standard InChI is InChI=1S/C23H21F3N6O2/c1-31-19(9-11-28-31)17-13-15(7-8-20(17)34-12-10-27)30-22(33)18-14-29-32(21(18)23(24,25)26)16-5-3-2-4-6-16/h2-9,11,13-14H,10,12,27H2,1H3,(H,30,33). The maximum absolute atomic E-state index is 13.9. The molecule has 0 saturated carbocycles. The van der Waals surface area contributed by atoms with Crippen molar-refractivity contribution >= 4 is 11.6 Å². The van der Waals surface area contributed by atoms with Gasteiger partial charge in [0.2, 0.25) is 0 Å². The summed E-state index contributed by atoms with van der Waals surface area (Å²) in [5, 5.41) is 10.5. The highest BCUT2D eigenvalue weighted by Crippen LogP contribution is 2.35. The lowest BCUT2D eigenvalue weighted by molar-refractivity contribution is -0.143. The summed E-state index contributed by atoms with van der Waals surface area (Å²) in [6, 6.07) is 14.3. The first-order valence-electron chi connectivity index (χ1n) is 10.3. The number of nitrogens with zero attached hydrogens (tertiary/aromatic N) is 4. The Morgan fingerprint density at radius 2 is 1.88 bits per heavy atom. The molecule has 1 amide bonds. The number of aryl methyl sites for hydroxylation is 1. The Hall–Kier alpha value is -4.12. The van der Waals surface area contributed by atoms with Crippen molar-refractivity contribution in [3.8, 4) is 22.7 Å². The molecular formula is C23H21F3N6O2. The number of benzene rings is 2. The van der Waals surface area contributed by atoms with Gasteiger partial charge in [0, 0.05) is 31.0 Å². The number of amides is 1. The second-order valence-electron chi connectivity index (χ2n) is 7.29. The molecule has 11 heteroatoms. The number of alkyl halides is 3. The molecule has 34 heavy (non-hydrogen) atoms. The largest absolute Gasteiger partial charge is 0.492 e. The lowest BCUT2D eigenvalue weighted by Crippen LogP contribution is -2.20. The van der Waals surface area contributed by atoms with E-state index in [4.69, 9.17) is 10.5 Å². The molecule has 0 radical (unpaired) electrons. The summed E-state index contributed by atoms with van der Waals surface area (Å²) >= 11 is 0. The summed E-state index contributed by atoms with van der Waals surface area (Å²) in [4.78, 5) is 12.9. The van der Waals surface area contributed by atoms with Crippen LogP contribution in [0.2, 0.25) is 0 Å². The molecular weight excluding hydrogens is 449 g/mol. The van der Waals surface area contributed by atoms with E-state index in [1.54, 1.807) is 60.4 Å². The van der Waals surface area contributed by atoms with Crippen molar-refractivity contribution in [3.63, 3.8) is 0 Å². The molecule has 0 aliphatic heterocycles. The fourth-order valence-electron chi connectivity index (χ4n) is 3.49. The van der Waals surface area contributed by atoms with Crippen LogP contribution in [0.25, 0.3) is 16.9 Å². The first-order valence-corrected chi connectivity index (χ1v) is 10.3. The van der Waals surface area contributed by atoms with Gasteiger partial charge in [-0.25, -0.2) is 4.68 Å². The molecule has 2 aromatic heterocycles. The molecule has 4 aromatic rings. The van der Waals surface area contributed by atoms with Crippen LogP contribution in [-0.4, -0.2) is 38.6 Å². The number of anilines is 1. The van der Waals surface area contributed by atoms with E-state index in [1.807, 2.05) is 0 Å². The highest BCUT2D eigenvalue weighted by atomic mass is 19.4. The van der Waals surface area contributed by atoms with Crippen molar-refractivity contribution in [3.05, 3.63) is 78.2 Å². The van der Waals surface area contributed by atoms with Gasteiger partial charge in [-0.2, -0.15) is 23.4 Å². The van der Waals surface area contributed by atoms with E-state index in [9.17, 15) is 18.0 Å². The van der Waals surface area contributed by atoms with Gasteiger partial charge < -0.3 is 15.8 Å². The SMILES string of the molecule is Cn1nccc1-c1cc(NC(=O)c2cnn(-c3ccccc3)c2C(F)(F)F)ccc1OCCN. The number of para-hydroxylation sites is 1. The van der Waals surface area contributed by atoms with Crippen LogP contribution >= 0.6 is 0 Å². The Labute approximate surface area is 192 Å². The van der Waals surface area contributed by atoms with Gasteiger partial charge >= 0.3 is 6.18 Å². The molecule has 3 N–H and O–H groups in total. The second kappa shape index (κ2) is 9.40. The van der Waals surface area contributed by atoms with Crippen LogP contribution in [0.15, 0.2) is 67.0 Å². The quantitative estimate of drug-likeness (QED) is 0.427. The lowest BCUT2D eigenvalue weighted by atomic mass is 10.1. The number of nitrogens with one attached hydrogen (secondary N) is 1. The molecule has 0 aliphatic rings. The van der Waals surface area contributed by atoms with Crippen molar-refractivity contribution in [2.24, 2.45) is 12.8 Å². The first-order chi connectivity index (χ1) is 16.3. The van der Waals surface area contributed by atoms with Gasteiger partial charge in [0.15, 0.2) is 5.69 Å². The van der Waals surface area contributed by atoms with Crippen molar-refractivity contribution < 1.29 is 22.7 Å². The summed E-state index contributed by atoms with van der Waals surface area (Å²) < 4.78 is 49.8. The van der Waals surface area contributed by atoms with Gasteiger partial charge in [0.1, 0.15) is 12.4 Å². The molecule has 0 bridgehead atoms. The molecule has 176 valence electrons. The van der Waals surface area contributed by atoms with E-state index in [-0.39, 0.29) is 18.0 Å². The Morgan fingerprint density at radius 3 is 2.53 bits per heavy atom. The Kier molecular flexibility index (Phi) is 6.37. The second-order valence-corrected chi connectivity index (χ2v) is 7.29. The molecule has 0 unspecified atom stereocenters. The number of rotatable bonds is 7. The molecule has 4 rings (SSSR count). The van der Waals surface area contributed by atoms with Crippen LogP contribution in [0.3, 0.4) is 0 Å². The minimum absolute atomic E-state index is 0.189. The van der Waals surface area contributed by atoms with Gasteiger partial charge in [0.25, 0.3) is 5.91 Å². The van der Waals surface area contributed by atoms with E-state index < -0.39 is 23.3 Å². The van der Waals surface area contributed by atoms with Crippen molar-refractivity contribution in [2.75, 3.05) is 18.5 Å². The molecule has 2 heterocycles. The molecule has 0 atom stereocenters. The summed E-state index contributed by atoms with van der Waals surface area (Å²) in [6.07, 6.45) is -2.30. The van der Waals surface area contributed by atoms with Crippen molar-refractivity contribution in [1.29, 1.82) is 0 Å². The van der Waals surface area contributed by atoms with Gasteiger partial charge in [-0.15, -0.1) is 0 Å². The zero-order valence-electron chi connectivity index (χ0n) is 18.1. The molecule has 0 fully saturated rings. The average molecular weight is 470 g/mol. The summed E-state index contributed by atoms with van der Waals surface area (Å²) in [5.41, 5.74) is 5.53. The van der Waals surface area contributed by atoms with E-state index in [0.717, 1.165) is 6.20 Å². The van der Waals surface area contributed by atoms with Crippen LogP contribution < -0.4 is 15.8 Å². The topological polar surface area (TPSA) is 100.0 Å². The third-order valence-corrected chi connectivity index (χ3v) is 4.99. The third kappa shape index (κ3) is 4.64. The predicted molar refractivity (Wildman–Crippen MR) is 120 cm³/mol. The highest BCUT2D eigenvalue weighted by Gasteiger charge is 2.40. The summed E-state index contributed by atoms with van der Waals surface area (Å²) in [7, 11) is 1.74. The van der Waals surface area contributed by atoms with Crippen molar-refractivity contribution in [1.82, 2.24) is 19.6 Å². The van der Waals surface area contributed by atoms with Crippen LogP contribution in [0.5, 0.6) is 5.75 Å². The number of hydrogen-bond donors (Lipinski definition) is 2. The zero-order chi connectivity index (χ0) is 24.3. The fraction of sp³-hybridized carbons (Fsp3) is 0.174. The van der Waals surface area contributed by atoms with Gasteiger partial charge in [-0.3, -0.25) is 9.48 Å². The lowest BCUT2D eigenvalue weighted by Gasteiger charge is -2.15. The molecule has 0 spiro atoms. The van der Waals surface area contributed by atoms with Gasteiger partial charge in [-0.05, 0) is 36.4 Å². The molecule has 2 aromatic carbocycles.